The molecule has 0 saturated heterocycles. The van der Waals surface area contributed by atoms with Gasteiger partial charge in [-0.1, -0.05) is 0 Å². The topological polar surface area (TPSA) is 85.9 Å². The van der Waals surface area contributed by atoms with Crippen molar-refractivity contribution in [3.8, 4) is 11.5 Å². The molecule has 152 valence electrons. The van der Waals surface area contributed by atoms with Crippen LogP contribution in [0.1, 0.15) is 42.5 Å². The van der Waals surface area contributed by atoms with Gasteiger partial charge in [-0.15, -0.1) is 0 Å². The minimum absolute atomic E-state index is 0.0147. The zero-order chi connectivity index (χ0) is 19.7. The maximum Gasteiger partial charge on any atom is 0.258 e. The first-order valence-electron chi connectivity index (χ1n) is 10.0. The van der Waals surface area contributed by atoms with Gasteiger partial charge in [-0.25, -0.2) is 0 Å². The number of hydrogen-bond donors (Lipinski definition) is 2. The van der Waals surface area contributed by atoms with Crippen LogP contribution in [0.3, 0.4) is 0 Å². The summed E-state index contributed by atoms with van der Waals surface area (Å²) in [5.41, 5.74) is -0.188. The van der Waals surface area contributed by atoms with Crippen LogP contribution in [-0.2, 0) is 9.53 Å². The van der Waals surface area contributed by atoms with Crippen molar-refractivity contribution in [2.75, 3.05) is 27.4 Å². The standard InChI is InChI=1S/C21H28N2O5/c1-26-9-3-8-22-19(24)17-10-14-5-4-13(17)12-21(14)23-20(25)16-7-6-15(27-2)11-18(16)28-21/h6-7,11,13-14,17H,3-5,8-10,12H2,1-2H3,(H,22,24)(H,23,25)/t13-,14+,17-,21+/m0/s1. The van der Waals surface area contributed by atoms with Crippen molar-refractivity contribution >= 4 is 11.8 Å². The molecule has 2 N–H and O–H groups in total. The highest BCUT2D eigenvalue weighted by Crippen LogP contribution is 2.52. The number of carbonyl (C=O) groups excluding carboxylic acids is 2. The van der Waals surface area contributed by atoms with Gasteiger partial charge in [0.2, 0.25) is 5.91 Å². The van der Waals surface area contributed by atoms with Crippen molar-refractivity contribution in [3.05, 3.63) is 23.8 Å². The van der Waals surface area contributed by atoms with Crippen LogP contribution in [0.5, 0.6) is 11.5 Å². The van der Waals surface area contributed by atoms with Crippen LogP contribution in [0.15, 0.2) is 18.2 Å². The maximum atomic E-state index is 12.7. The van der Waals surface area contributed by atoms with E-state index >= 15 is 0 Å². The predicted molar refractivity (Wildman–Crippen MR) is 102 cm³/mol. The van der Waals surface area contributed by atoms with Gasteiger partial charge in [0.15, 0.2) is 5.72 Å². The van der Waals surface area contributed by atoms with Gasteiger partial charge >= 0.3 is 0 Å². The summed E-state index contributed by atoms with van der Waals surface area (Å²) in [5, 5.41) is 6.17. The zero-order valence-electron chi connectivity index (χ0n) is 16.5. The van der Waals surface area contributed by atoms with E-state index in [1.807, 2.05) is 0 Å². The smallest absolute Gasteiger partial charge is 0.258 e. The van der Waals surface area contributed by atoms with E-state index in [1.165, 1.54) is 0 Å². The number of amides is 2. The SMILES string of the molecule is COCCCNC(=O)[C@H]1C[C@H]2CC[C@H]1C[C@]21NC(=O)c2ccc(OC)cc2O1. The number of benzene rings is 1. The minimum atomic E-state index is -0.716. The van der Waals surface area contributed by atoms with Crippen molar-refractivity contribution < 1.29 is 23.8 Å². The van der Waals surface area contributed by atoms with Crippen LogP contribution in [0.4, 0.5) is 0 Å². The highest BCUT2D eigenvalue weighted by atomic mass is 16.5. The Labute approximate surface area is 165 Å². The summed E-state index contributed by atoms with van der Waals surface area (Å²) in [5.74, 6) is 1.55. The first kappa shape index (κ1) is 19.1. The molecule has 1 spiro atoms. The number of ether oxygens (including phenoxy) is 3. The third kappa shape index (κ3) is 3.32. The van der Waals surface area contributed by atoms with Crippen LogP contribution in [0, 0.1) is 17.8 Å². The van der Waals surface area contributed by atoms with Crippen molar-refractivity contribution in [2.24, 2.45) is 17.8 Å². The summed E-state index contributed by atoms with van der Waals surface area (Å²) in [7, 11) is 3.26. The number of fused-ring (bicyclic) bond motifs is 3. The Morgan fingerprint density at radius 3 is 2.93 bits per heavy atom. The molecule has 0 radical (unpaired) electrons. The quantitative estimate of drug-likeness (QED) is 0.729. The van der Waals surface area contributed by atoms with Gasteiger partial charge in [-0.3, -0.25) is 9.59 Å². The van der Waals surface area contributed by atoms with E-state index in [-0.39, 0.29) is 29.6 Å². The van der Waals surface area contributed by atoms with Gasteiger partial charge in [0, 0.05) is 44.6 Å². The highest BCUT2D eigenvalue weighted by Gasteiger charge is 2.57. The molecule has 3 fully saturated rings. The molecule has 2 amide bonds. The van der Waals surface area contributed by atoms with Crippen LogP contribution >= 0.6 is 0 Å². The molecule has 7 nitrogen and oxygen atoms in total. The van der Waals surface area contributed by atoms with Crippen LogP contribution in [0.25, 0.3) is 0 Å². The van der Waals surface area contributed by atoms with Gasteiger partial charge in [0.25, 0.3) is 5.91 Å². The van der Waals surface area contributed by atoms with Gasteiger partial charge in [0.05, 0.1) is 12.7 Å². The fraction of sp³-hybridized carbons (Fsp3) is 0.619. The van der Waals surface area contributed by atoms with Gasteiger partial charge in [0.1, 0.15) is 11.5 Å². The highest BCUT2D eigenvalue weighted by molar-refractivity contribution is 5.98. The Morgan fingerprint density at radius 1 is 1.36 bits per heavy atom. The van der Waals surface area contributed by atoms with E-state index < -0.39 is 5.72 Å². The number of nitrogens with one attached hydrogen (secondary N) is 2. The molecular weight excluding hydrogens is 360 g/mol. The first-order valence-corrected chi connectivity index (χ1v) is 10.0. The first-order chi connectivity index (χ1) is 13.6. The molecular formula is C21H28N2O5. The number of carbonyl (C=O) groups is 2. The Morgan fingerprint density at radius 2 is 2.21 bits per heavy atom. The van der Waals surface area contributed by atoms with E-state index in [4.69, 9.17) is 14.2 Å². The summed E-state index contributed by atoms with van der Waals surface area (Å²) < 4.78 is 16.7. The average Bonchev–Trinajstić information content (AvgIpc) is 2.70. The molecule has 4 atom stereocenters. The molecule has 4 aliphatic rings. The Hall–Kier alpha value is -2.28. The Balaban J connectivity index is 1.48. The Kier molecular flexibility index (Phi) is 5.19. The summed E-state index contributed by atoms with van der Waals surface area (Å²) >= 11 is 0. The monoisotopic (exact) mass is 388 g/mol. The third-order valence-corrected chi connectivity index (χ3v) is 6.43. The molecule has 28 heavy (non-hydrogen) atoms. The molecule has 1 aromatic rings. The average molecular weight is 388 g/mol. The van der Waals surface area contributed by atoms with Crippen LogP contribution in [0.2, 0.25) is 0 Å². The van der Waals surface area contributed by atoms with E-state index in [9.17, 15) is 9.59 Å². The molecule has 7 heteroatoms. The predicted octanol–water partition coefficient (Wildman–Crippen LogP) is 2.10. The lowest BCUT2D eigenvalue weighted by Gasteiger charge is -2.55. The van der Waals surface area contributed by atoms with Crippen molar-refractivity contribution in [2.45, 2.75) is 37.8 Å². The molecule has 5 rings (SSSR count). The molecule has 3 aliphatic carbocycles. The lowest BCUT2D eigenvalue weighted by molar-refractivity contribution is -0.146. The van der Waals surface area contributed by atoms with Crippen molar-refractivity contribution in [3.63, 3.8) is 0 Å². The summed E-state index contributed by atoms with van der Waals surface area (Å²) in [6.45, 7) is 1.27. The summed E-state index contributed by atoms with van der Waals surface area (Å²) in [6, 6.07) is 5.27. The molecule has 1 aromatic carbocycles. The largest absolute Gasteiger partial charge is 0.497 e. The van der Waals surface area contributed by atoms with Crippen LogP contribution in [-0.4, -0.2) is 44.9 Å². The van der Waals surface area contributed by atoms with Crippen LogP contribution < -0.4 is 20.1 Å². The fourth-order valence-corrected chi connectivity index (χ4v) is 5.00. The van der Waals surface area contributed by atoms with Crippen molar-refractivity contribution in [1.82, 2.24) is 10.6 Å². The zero-order valence-corrected chi connectivity index (χ0v) is 16.5. The second kappa shape index (κ2) is 7.62. The third-order valence-electron chi connectivity index (χ3n) is 6.43. The van der Waals surface area contributed by atoms with E-state index in [0.717, 1.165) is 25.7 Å². The molecule has 3 saturated carbocycles. The lowest BCUT2D eigenvalue weighted by Crippen LogP contribution is -2.66. The number of hydrogen-bond acceptors (Lipinski definition) is 5. The van der Waals surface area contributed by atoms with E-state index in [2.05, 4.69) is 10.6 Å². The fourth-order valence-electron chi connectivity index (χ4n) is 5.00. The summed E-state index contributed by atoms with van der Waals surface area (Å²) in [6.07, 6.45) is 4.16. The van der Waals surface area contributed by atoms with Gasteiger partial charge in [-0.05, 0) is 43.7 Å². The molecule has 2 bridgehead atoms. The Bertz CT molecular complexity index is 767. The molecule has 1 aliphatic heterocycles. The lowest BCUT2D eigenvalue weighted by atomic mass is 9.60. The van der Waals surface area contributed by atoms with Gasteiger partial charge in [-0.2, -0.15) is 0 Å². The second-order valence-corrected chi connectivity index (χ2v) is 8.03. The second-order valence-electron chi connectivity index (χ2n) is 8.03. The number of rotatable bonds is 6. The van der Waals surface area contributed by atoms with Gasteiger partial charge < -0.3 is 24.8 Å². The van der Waals surface area contributed by atoms with E-state index in [1.54, 1.807) is 32.4 Å². The summed E-state index contributed by atoms with van der Waals surface area (Å²) in [4.78, 5) is 25.4. The van der Waals surface area contributed by atoms with Crippen molar-refractivity contribution in [1.29, 1.82) is 0 Å². The molecule has 0 aromatic heterocycles. The number of methoxy groups -OCH3 is 2. The normalized spacial score (nSPS) is 30.4. The molecule has 1 heterocycles. The molecule has 0 unspecified atom stereocenters. The van der Waals surface area contributed by atoms with E-state index in [0.29, 0.717) is 36.6 Å². The minimum Gasteiger partial charge on any atom is -0.497 e. The maximum absolute atomic E-state index is 12.7.